The fraction of sp³-hybridized carbons (Fsp3) is 0.500. The summed E-state index contributed by atoms with van der Waals surface area (Å²) in [4.78, 5) is 36.9. The molecule has 0 aliphatic carbocycles. The number of aliphatic carboxylic acids is 1. The van der Waals surface area contributed by atoms with E-state index >= 15 is 0 Å². The Labute approximate surface area is 158 Å². The van der Waals surface area contributed by atoms with Crippen LogP contribution in [-0.2, 0) is 11.3 Å². The molecule has 146 valence electrons. The molecule has 0 fully saturated rings. The summed E-state index contributed by atoms with van der Waals surface area (Å²) in [6.45, 7) is 6.27. The van der Waals surface area contributed by atoms with Gasteiger partial charge in [0, 0.05) is 11.9 Å². The van der Waals surface area contributed by atoms with Crippen molar-refractivity contribution in [1.82, 2.24) is 15.1 Å². The quantitative estimate of drug-likeness (QED) is 0.658. The number of hydrogen-bond donors (Lipinski definition) is 2. The van der Waals surface area contributed by atoms with E-state index in [9.17, 15) is 19.5 Å². The molecule has 7 nitrogen and oxygen atoms in total. The van der Waals surface area contributed by atoms with Crippen molar-refractivity contribution >= 4 is 22.6 Å². The predicted molar refractivity (Wildman–Crippen MR) is 104 cm³/mol. The number of nitrogens with zero attached hydrogens (tertiary/aromatic N) is 2. The predicted octanol–water partition coefficient (Wildman–Crippen LogP) is 2.82. The van der Waals surface area contributed by atoms with Gasteiger partial charge in [0.25, 0.3) is 11.5 Å². The highest BCUT2D eigenvalue weighted by Crippen LogP contribution is 2.14. The van der Waals surface area contributed by atoms with Crippen molar-refractivity contribution in [1.29, 1.82) is 0 Å². The number of hydrogen-bond acceptors (Lipinski definition) is 4. The first-order valence-corrected chi connectivity index (χ1v) is 9.38. The van der Waals surface area contributed by atoms with Gasteiger partial charge in [0.05, 0.1) is 5.39 Å². The van der Waals surface area contributed by atoms with E-state index in [2.05, 4.69) is 17.3 Å². The van der Waals surface area contributed by atoms with E-state index in [0.29, 0.717) is 23.7 Å². The van der Waals surface area contributed by atoms with Gasteiger partial charge in [0.1, 0.15) is 6.04 Å². The SMILES string of the molecule is CCCCCn1nc(C(=O)N[C@H](CC(C)C)C(=O)O)c2ccccc2c1=O. The largest absolute Gasteiger partial charge is 0.480 e. The molecule has 1 aromatic heterocycles. The lowest BCUT2D eigenvalue weighted by Crippen LogP contribution is -2.42. The number of aromatic nitrogens is 2. The highest BCUT2D eigenvalue weighted by Gasteiger charge is 2.24. The Kier molecular flexibility index (Phi) is 7.10. The smallest absolute Gasteiger partial charge is 0.326 e. The minimum absolute atomic E-state index is 0.0803. The van der Waals surface area contributed by atoms with E-state index in [1.54, 1.807) is 24.3 Å². The molecule has 1 heterocycles. The zero-order chi connectivity index (χ0) is 20.0. The van der Waals surface area contributed by atoms with E-state index in [4.69, 9.17) is 0 Å². The van der Waals surface area contributed by atoms with Crippen molar-refractivity contribution in [2.75, 3.05) is 0 Å². The molecule has 0 saturated carbocycles. The van der Waals surface area contributed by atoms with Gasteiger partial charge >= 0.3 is 5.97 Å². The molecule has 2 rings (SSSR count). The third-order valence-corrected chi connectivity index (χ3v) is 4.37. The Hall–Kier alpha value is -2.70. The van der Waals surface area contributed by atoms with Gasteiger partial charge in [-0.25, -0.2) is 9.48 Å². The molecule has 0 bridgehead atoms. The summed E-state index contributed by atoms with van der Waals surface area (Å²) >= 11 is 0. The van der Waals surface area contributed by atoms with E-state index in [1.165, 1.54) is 4.68 Å². The number of amides is 1. The van der Waals surface area contributed by atoms with Gasteiger partial charge in [-0.3, -0.25) is 9.59 Å². The zero-order valence-corrected chi connectivity index (χ0v) is 16.1. The molecule has 1 aromatic carbocycles. The maximum Gasteiger partial charge on any atom is 0.326 e. The van der Waals surface area contributed by atoms with Crippen LogP contribution in [0.15, 0.2) is 29.1 Å². The molecule has 1 amide bonds. The summed E-state index contributed by atoms with van der Waals surface area (Å²) in [5.74, 6) is -1.56. The number of carbonyl (C=O) groups excluding carboxylic acids is 1. The normalized spacial score (nSPS) is 12.3. The lowest BCUT2D eigenvalue weighted by Gasteiger charge is -2.17. The molecule has 0 spiro atoms. The van der Waals surface area contributed by atoms with Crippen molar-refractivity contribution in [3.05, 3.63) is 40.3 Å². The second-order valence-corrected chi connectivity index (χ2v) is 7.12. The van der Waals surface area contributed by atoms with Crippen LogP contribution in [0, 0.1) is 5.92 Å². The Morgan fingerprint density at radius 3 is 2.44 bits per heavy atom. The monoisotopic (exact) mass is 373 g/mol. The maximum atomic E-state index is 12.8. The first-order valence-electron chi connectivity index (χ1n) is 9.38. The lowest BCUT2D eigenvalue weighted by atomic mass is 10.0. The van der Waals surface area contributed by atoms with Gasteiger partial charge in [0.15, 0.2) is 5.69 Å². The summed E-state index contributed by atoms with van der Waals surface area (Å²) < 4.78 is 1.31. The molecule has 2 aromatic rings. The van der Waals surface area contributed by atoms with E-state index in [0.717, 1.165) is 19.3 Å². The van der Waals surface area contributed by atoms with Gasteiger partial charge in [-0.1, -0.05) is 51.8 Å². The minimum Gasteiger partial charge on any atom is -0.480 e. The van der Waals surface area contributed by atoms with Crippen LogP contribution in [-0.4, -0.2) is 32.8 Å². The Balaban J connectivity index is 2.43. The number of rotatable bonds is 9. The average Bonchev–Trinajstić information content (AvgIpc) is 2.62. The zero-order valence-electron chi connectivity index (χ0n) is 16.1. The Morgan fingerprint density at radius 1 is 1.19 bits per heavy atom. The molecular formula is C20H27N3O4. The van der Waals surface area contributed by atoms with Crippen LogP contribution in [0.3, 0.4) is 0 Å². The van der Waals surface area contributed by atoms with Crippen LogP contribution >= 0.6 is 0 Å². The number of unbranched alkanes of at least 4 members (excludes halogenated alkanes) is 2. The number of carboxylic acid groups (broad SMARTS) is 1. The highest BCUT2D eigenvalue weighted by atomic mass is 16.4. The van der Waals surface area contributed by atoms with E-state index < -0.39 is 17.9 Å². The third-order valence-electron chi connectivity index (χ3n) is 4.37. The van der Waals surface area contributed by atoms with Gasteiger partial charge in [-0.15, -0.1) is 0 Å². The number of carboxylic acids is 1. The summed E-state index contributed by atoms with van der Waals surface area (Å²) in [7, 11) is 0. The molecule has 0 unspecified atom stereocenters. The standard InChI is InChI=1S/C20H27N3O4/c1-4-5-8-11-23-19(25)15-10-7-6-9-14(15)17(22-23)18(24)21-16(20(26)27)12-13(2)3/h6-7,9-10,13,16H,4-5,8,11-12H2,1-3H3,(H,21,24)(H,26,27)/t16-/m1/s1. The number of benzene rings is 1. The first kappa shape index (κ1) is 20.6. The number of aryl methyl sites for hydroxylation is 1. The van der Waals surface area contributed by atoms with Crippen LogP contribution < -0.4 is 10.9 Å². The molecule has 0 radical (unpaired) electrons. The van der Waals surface area contributed by atoms with Crippen molar-refractivity contribution in [3.63, 3.8) is 0 Å². The van der Waals surface area contributed by atoms with Gasteiger partial charge in [0.2, 0.25) is 0 Å². The van der Waals surface area contributed by atoms with Crippen molar-refractivity contribution in [3.8, 4) is 0 Å². The summed E-state index contributed by atoms with van der Waals surface area (Å²) in [5.41, 5.74) is -0.160. The van der Waals surface area contributed by atoms with Crippen LogP contribution in [0.25, 0.3) is 10.8 Å². The second kappa shape index (κ2) is 9.30. The third kappa shape index (κ3) is 5.15. The molecule has 1 atom stereocenters. The van der Waals surface area contributed by atoms with Gasteiger partial charge in [-0.05, 0) is 24.8 Å². The molecule has 7 heteroatoms. The maximum absolute atomic E-state index is 12.8. The molecule has 27 heavy (non-hydrogen) atoms. The molecule has 2 N–H and O–H groups in total. The number of fused-ring (bicyclic) bond motifs is 1. The van der Waals surface area contributed by atoms with E-state index in [1.807, 2.05) is 13.8 Å². The average molecular weight is 373 g/mol. The summed E-state index contributed by atoms with van der Waals surface area (Å²) in [6.07, 6.45) is 3.06. The number of carbonyl (C=O) groups is 2. The van der Waals surface area contributed by atoms with Crippen LogP contribution in [0.1, 0.15) is 56.9 Å². The highest BCUT2D eigenvalue weighted by molar-refractivity contribution is 6.05. The topological polar surface area (TPSA) is 101 Å². The summed E-state index contributed by atoms with van der Waals surface area (Å²) in [5, 5.41) is 17.0. The molecule has 0 aliphatic rings. The minimum atomic E-state index is -1.09. The second-order valence-electron chi connectivity index (χ2n) is 7.12. The van der Waals surface area contributed by atoms with Crippen LogP contribution in [0.4, 0.5) is 0 Å². The fourth-order valence-electron chi connectivity index (χ4n) is 2.99. The number of nitrogens with one attached hydrogen (secondary N) is 1. The fourth-order valence-corrected chi connectivity index (χ4v) is 2.99. The van der Waals surface area contributed by atoms with Crippen molar-refractivity contribution in [2.45, 2.75) is 59.0 Å². The first-order chi connectivity index (χ1) is 12.8. The summed E-state index contributed by atoms with van der Waals surface area (Å²) in [6, 6.07) is 5.78. The van der Waals surface area contributed by atoms with Crippen LogP contribution in [0.5, 0.6) is 0 Å². The van der Waals surface area contributed by atoms with Crippen LogP contribution in [0.2, 0.25) is 0 Å². The van der Waals surface area contributed by atoms with E-state index in [-0.39, 0.29) is 17.2 Å². The molecule has 0 aliphatic heterocycles. The lowest BCUT2D eigenvalue weighted by molar-refractivity contribution is -0.139. The molecule has 0 saturated heterocycles. The molecular weight excluding hydrogens is 346 g/mol. The Bertz CT molecular complexity index is 873. The Morgan fingerprint density at radius 2 is 1.85 bits per heavy atom. The van der Waals surface area contributed by atoms with Crippen molar-refractivity contribution in [2.24, 2.45) is 5.92 Å². The van der Waals surface area contributed by atoms with Crippen molar-refractivity contribution < 1.29 is 14.7 Å². The van der Waals surface area contributed by atoms with Gasteiger partial charge in [-0.2, -0.15) is 5.10 Å². The van der Waals surface area contributed by atoms with Gasteiger partial charge < -0.3 is 10.4 Å².